The molecule has 2 rings (SSSR count). The predicted molar refractivity (Wildman–Crippen MR) is 89.2 cm³/mol. The Labute approximate surface area is 141 Å². The van der Waals surface area contributed by atoms with Crippen molar-refractivity contribution in [2.24, 2.45) is 0 Å². The van der Waals surface area contributed by atoms with Gasteiger partial charge in [0.05, 0.1) is 19.7 Å². The number of carbonyl (C=O) groups is 2. The van der Waals surface area contributed by atoms with Crippen LogP contribution in [-0.2, 0) is 20.7 Å². The Morgan fingerprint density at radius 1 is 1.29 bits per heavy atom. The van der Waals surface area contributed by atoms with Crippen molar-refractivity contribution in [1.29, 1.82) is 0 Å². The number of amides is 1. The fraction of sp³-hybridized carbons (Fsp3) is 0.389. The van der Waals surface area contributed by atoms with Gasteiger partial charge in [-0.25, -0.2) is 4.98 Å². The van der Waals surface area contributed by atoms with Crippen LogP contribution in [0.2, 0.25) is 0 Å². The van der Waals surface area contributed by atoms with Gasteiger partial charge in [0, 0.05) is 24.4 Å². The van der Waals surface area contributed by atoms with Crippen molar-refractivity contribution in [1.82, 2.24) is 10.3 Å². The summed E-state index contributed by atoms with van der Waals surface area (Å²) in [6, 6.07) is 7.70. The second kappa shape index (κ2) is 8.29. The highest BCUT2D eigenvalue weighted by molar-refractivity contribution is 5.77. The van der Waals surface area contributed by atoms with Gasteiger partial charge in [-0.2, -0.15) is 0 Å². The fourth-order valence-corrected chi connectivity index (χ4v) is 2.23. The van der Waals surface area contributed by atoms with Gasteiger partial charge in [0.2, 0.25) is 5.91 Å². The van der Waals surface area contributed by atoms with Crippen molar-refractivity contribution in [2.45, 2.75) is 39.2 Å². The number of esters is 1. The van der Waals surface area contributed by atoms with Gasteiger partial charge < -0.3 is 14.5 Å². The number of rotatable bonds is 7. The number of benzene rings is 1. The van der Waals surface area contributed by atoms with E-state index in [1.165, 1.54) is 12.7 Å². The quantitative estimate of drug-likeness (QED) is 0.789. The van der Waals surface area contributed by atoms with E-state index in [4.69, 9.17) is 4.42 Å². The molecule has 1 unspecified atom stereocenters. The fourth-order valence-electron chi connectivity index (χ4n) is 2.23. The molecular formula is C18H22N2O4. The molecule has 6 nitrogen and oxygen atoms in total. The standard InChI is InChI=1S/C18H22N2O4/c1-12-4-6-14(7-5-12)15-11-19-17(24-15)9-8-16(21)20-13(2)10-18(22)23-3/h4-7,11,13H,8-10H2,1-3H3,(H,20,21). The number of aryl methyl sites for hydroxylation is 2. The summed E-state index contributed by atoms with van der Waals surface area (Å²) in [7, 11) is 1.32. The van der Waals surface area contributed by atoms with Gasteiger partial charge in [0.15, 0.2) is 11.7 Å². The SMILES string of the molecule is COC(=O)CC(C)NC(=O)CCc1ncc(-c2ccc(C)cc2)o1. The first-order valence-corrected chi connectivity index (χ1v) is 7.86. The molecule has 1 amide bonds. The Bertz CT molecular complexity index is 691. The highest BCUT2D eigenvalue weighted by atomic mass is 16.5. The van der Waals surface area contributed by atoms with E-state index in [0.717, 1.165) is 5.56 Å². The van der Waals surface area contributed by atoms with Gasteiger partial charge >= 0.3 is 5.97 Å². The molecule has 0 radical (unpaired) electrons. The third-order valence-corrected chi connectivity index (χ3v) is 3.56. The molecule has 0 saturated heterocycles. The van der Waals surface area contributed by atoms with E-state index >= 15 is 0 Å². The lowest BCUT2D eigenvalue weighted by Crippen LogP contribution is -2.34. The van der Waals surface area contributed by atoms with Crippen molar-refractivity contribution in [2.75, 3.05) is 7.11 Å². The second-order valence-corrected chi connectivity index (χ2v) is 5.73. The third kappa shape index (κ3) is 5.22. The summed E-state index contributed by atoms with van der Waals surface area (Å²) in [5.41, 5.74) is 2.13. The topological polar surface area (TPSA) is 81.4 Å². The average molecular weight is 330 g/mol. The summed E-state index contributed by atoms with van der Waals surface area (Å²) in [5, 5.41) is 2.75. The molecule has 24 heavy (non-hydrogen) atoms. The van der Waals surface area contributed by atoms with Crippen LogP contribution in [0, 0.1) is 6.92 Å². The van der Waals surface area contributed by atoms with Crippen molar-refractivity contribution in [3.63, 3.8) is 0 Å². The lowest BCUT2D eigenvalue weighted by molar-refractivity contribution is -0.141. The van der Waals surface area contributed by atoms with Gasteiger partial charge in [-0.15, -0.1) is 0 Å². The molecular weight excluding hydrogens is 308 g/mol. The van der Waals surface area contributed by atoms with Gasteiger partial charge in [0.25, 0.3) is 0 Å². The van der Waals surface area contributed by atoms with Crippen LogP contribution >= 0.6 is 0 Å². The Morgan fingerprint density at radius 3 is 2.67 bits per heavy atom. The molecule has 1 aromatic carbocycles. The molecule has 6 heteroatoms. The van der Waals surface area contributed by atoms with Crippen LogP contribution in [0.3, 0.4) is 0 Å². The van der Waals surface area contributed by atoms with Gasteiger partial charge in [-0.05, 0) is 13.8 Å². The van der Waals surface area contributed by atoms with Crippen LogP contribution in [0.4, 0.5) is 0 Å². The minimum Gasteiger partial charge on any atom is -0.469 e. The van der Waals surface area contributed by atoms with E-state index in [1.807, 2.05) is 31.2 Å². The minimum atomic E-state index is -0.349. The number of nitrogens with one attached hydrogen (secondary N) is 1. The molecule has 1 heterocycles. The number of nitrogens with zero attached hydrogens (tertiary/aromatic N) is 1. The summed E-state index contributed by atoms with van der Waals surface area (Å²) < 4.78 is 10.3. The minimum absolute atomic E-state index is 0.151. The summed E-state index contributed by atoms with van der Waals surface area (Å²) in [6.07, 6.45) is 2.47. The smallest absolute Gasteiger partial charge is 0.307 e. The highest BCUT2D eigenvalue weighted by Crippen LogP contribution is 2.21. The van der Waals surface area contributed by atoms with Crippen LogP contribution in [-0.4, -0.2) is 30.0 Å². The molecule has 0 spiro atoms. The molecule has 0 aliphatic heterocycles. The lowest BCUT2D eigenvalue weighted by atomic mass is 10.1. The lowest BCUT2D eigenvalue weighted by Gasteiger charge is -2.11. The summed E-state index contributed by atoms with van der Waals surface area (Å²) >= 11 is 0. The van der Waals surface area contributed by atoms with E-state index in [0.29, 0.717) is 18.1 Å². The number of hydrogen-bond acceptors (Lipinski definition) is 5. The van der Waals surface area contributed by atoms with Gasteiger partial charge in [-0.3, -0.25) is 9.59 Å². The molecule has 1 N–H and O–H groups in total. The van der Waals surface area contributed by atoms with Gasteiger partial charge in [-0.1, -0.05) is 29.8 Å². The first kappa shape index (κ1) is 17.7. The largest absolute Gasteiger partial charge is 0.469 e. The molecule has 0 aliphatic rings. The average Bonchev–Trinajstić information content (AvgIpc) is 3.02. The molecule has 1 aromatic heterocycles. The highest BCUT2D eigenvalue weighted by Gasteiger charge is 2.13. The van der Waals surface area contributed by atoms with E-state index in [-0.39, 0.29) is 30.8 Å². The van der Waals surface area contributed by atoms with Crippen LogP contribution in [0.5, 0.6) is 0 Å². The van der Waals surface area contributed by atoms with Crippen molar-refractivity contribution in [3.05, 3.63) is 41.9 Å². The molecule has 0 saturated carbocycles. The number of aromatic nitrogens is 1. The Kier molecular flexibility index (Phi) is 6.12. The Hall–Kier alpha value is -2.63. The second-order valence-electron chi connectivity index (χ2n) is 5.73. The number of methoxy groups -OCH3 is 1. The summed E-state index contributed by atoms with van der Waals surface area (Å²) in [5.74, 6) is 0.700. The molecule has 0 fully saturated rings. The number of oxazole rings is 1. The Balaban J connectivity index is 1.83. The number of hydrogen-bond donors (Lipinski definition) is 1. The van der Waals surface area contributed by atoms with Gasteiger partial charge in [0.1, 0.15) is 0 Å². The zero-order valence-corrected chi connectivity index (χ0v) is 14.2. The molecule has 0 bridgehead atoms. The van der Waals surface area contributed by atoms with Crippen LogP contribution in [0.25, 0.3) is 11.3 Å². The van der Waals surface area contributed by atoms with E-state index < -0.39 is 0 Å². The molecule has 1 atom stereocenters. The summed E-state index contributed by atoms with van der Waals surface area (Å²) in [4.78, 5) is 27.2. The van der Waals surface area contributed by atoms with E-state index in [2.05, 4.69) is 15.0 Å². The first-order chi connectivity index (χ1) is 11.5. The zero-order chi connectivity index (χ0) is 17.5. The maximum atomic E-state index is 11.9. The first-order valence-electron chi connectivity index (χ1n) is 7.86. The predicted octanol–water partition coefficient (Wildman–Crippen LogP) is 2.65. The van der Waals surface area contributed by atoms with Crippen LogP contribution in [0.1, 0.15) is 31.2 Å². The van der Waals surface area contributed by atoms with Crippen LogP contribution in [0.15, 0.2) is 34.9 Å². The van der Waals surface area contributed by atoms with E-state index in [1.54, 1.807) is 13.1 Å². The normalized spacial score (nSPS) is 11.8. The number of carbonyl (C=O) groups excluding carboxylic acids is 2. The zero-order valence-electron chi connectivity index (χ0n) is 14.2. The maximum absolute atomic E-state index is 11.9. The molecule has 0 aliphatic carbocycles. The van der Waals surface area contributed by atoms with Crippen molar-refractivity contribution in [3.8, 4) is 11.3 Å². The molecule has 128 valence electrons. The number of ether oxygens (including phenoxy) is 1. The Morgan fingerprint density at radius 2 is 2.00 bits per heavy atom. The maximum Gasteiger partial charge on any atom is 0.307 e. The monoisotopic (exact) mass is 330 g/mol. The van der Waals surface area contributed by atoms with Crippen molar-refractivity contribution < 1.29 is 18.7 Å². The van der Waals surface area contributed by atoms with E-state index in [9.17, 15) is 9.59 Å². The van der Waals surface area contributed by atoms with Crippen LogP contribution < -0.4 is 5.32 Å². The third-order valence-electron chi connectivity index (χ3n) is 3.56. The van der Waals surface area contributed by atoms with Crippen molar-refractivity contribution >= 4 is 11.9 Å². The molecule has 2 aromatic rings. The summed E-state index contributed by atoms with van der Waals surface area (Å²) in [6.45, 7) is 3.78.